The van der Waals surface area contributed by atoms with Gasteiger partial charge in [-0.3, -0.25) is 0 Å². The molecule has 0 radical (unpaired) electrons. The molecule has 0 aromatic rings. The molecular weight excluding hydrogens is 250 g/mol. The summed E-state index contributed by atoms with van der Waals surface area (Å²) in [4.78, 5) is 11.7. The zero-order chi connectivity index (χ0) is 13.8. The fraction of sp³-hybridized carbons (Fsp3) is 0.933. The van der Waals surface area contributed by atoms with Crippen LogP contribution >= 0.6 is 0 Å². The third kappa shape index (κ3) is 1.67. The number of hydrogen-bond donors (Lipinski definition) is 0. The highest BCUT2D eigenvalue weighted by Crippen LogP contribution is 2.66. The minimum atomic E-state index is -3.34. The molecule has 4 saturated carbocycles. The summed E-state index contributed by atoms with van der Waals surface area (Å²) in [5.41, 5.74) is -1.19. The summed E-state index contributed by atoms with van der Waals surface area (Å²) < 4.78 is 34.0. The van der Waals surface area contributed by atoms with E-state index in [0.29, 0.717) is 11.8 Å². The number of rotatable bonds is 3. The lowest BCUT2D eigenvalue weighted by molar-refractivity contribution is -0.240. The molecule has 2 nitrogen and oxygen atoms in total. The summed E-state index contributed by atoms with van der Waals surface area (Å²) in [6.45, 7) is 3.23. The predicted molar refractivity (Wildman–Crippen MR) is 66.7 cm³/mol. The van der Waals surface area contributed by atoms with Gasteiger partial charge in [-0.2, -0.15) is 8.78 Å². The molecule has 4 rings (SSSR count). The van der Waals surface area contributed by atoms with E-state index in [2.05, 4.69) is 4.74 Å². The third-order valence-corrected chi connectivity index (χ3v) is 6.04. The largest absolute Gasteiger partial charge is 0.462 e. The van der Waals surface area contributed by atoms with Gasteiger partial charge >= 0.3 is 11.9 Å². The van der Waals surface area contributed by atoms with Crippen molar-refractivity contribution >= 4 is 5.97 Å². The second kappa shape index (κ2) is 4.16. The van der Waals surface area contributed by atoms with Crippen molar-refractivity contribution in [1.82, 2.24) is 0 Å². The molecule has 4 fully saturated rings. The highest BCUT2D eigenvalue weighted by atomic mass is 19.3. The van der Waals surface area contributed by atoms with Gasteiger partial charge < -0.3 is 4.74 Å². The quantitative estimate of drug-likeness (QED) is 0.733. The van der Waals surface area contributed by atoms with Gasteiger partial charge in [0.05, 0.1) is 6.61 Å². The monoisotopic (exact) mass is 272 g/mol. The van der Waals surface area contributed by atoms with Crippen LogP contribution in [-0.2, 0) is 9.53 Å². The van der Waals surface area contributed by atoms with Gasteiger partial charge in [0.15, 0.2) is 0 Å². The Kier molecular flexibility index (Phi) is 2.92. The van der Waals surface area contributed by atoms with E-state index in [1.165, 1.54) is 6.42 Å². The van der Waals surface area contributed by atoms with Crippen LogP contribution in [0.2, 0.25) is 0 Å². The van der Waals surface area contributed by atoms with Crippen molar-refractivity contribution in [2.24, 2.45) is 29.1 Å². The Balaban J connectivity index is 1.92. The first kappa shape index (κ1) is 13.3. The van der Waals surface area contributed by atoms with Crippen molar-refractivity contribution in [3.63, 3.8) is 0 Å². The van der Waals surface area contributed by atoms with Crippen LogP contribution in [0.25, 0.3) is 0 Å². The number of carbonyl (C=O) groups excluding carboxylic acids is 1. The van der Waals surface area contributed by atoms with Gasteiger partial charge in [0, 0.05) is 5.41 Å². The summed E-state index contributed by atoms with van der Waals surface area (Å²) in [7, 11) is 0. The smallest absolute Gasteiger partial charge is 0.377 e. The second-order valence-corrected chi connectivity index (χ2v) is 6.88. The Labute approximate surface area is 112 Å². The number of alkyl halides is 2. The molecule has 0 N–H and O–H groups in total. The maximum atomic E-state index is 14.7. The average molecular weight is 272 g/mol. The van der Waals surface area contributed by atoms with E-state index < -0.39 is 17.3 Å². The van der Waals surface area contributed by atoms with E-state index in [1.54, 1.807) is 13.8 Å². The van der Waals surface area contributed by atoms with E-state index in [0.717, 1.165) is 25.7 Å². The van der Waals surface area contributed by atoms with E-state index in [9.17, 15) is 13.6 Å². The zero-order valence-corrected chi connectivity index (χ0v) is 11.6. The van der Waals surface area contributed by atoms with Crippen molar-refractivity contribution in [3.05, 3.63) is 0 Å². The molecule has 0 aliphatic heterocycles. The van der Waals surface area contributed by atoms with Crippen LogP contribution in [0.15, 0.2) is 0 Å². The Morgan fingerprint density at radius 1 is 1.16 bits per heavy atom. The van der Waals surface area contributed by atoms with Gasteiger partial charge in [-0.05, 0) is 62.7 Å². The van der Waals surface area contributed by atoms with Gasteiger partial charge in [0.25, 0.3) is 0 Å². The van der Waals surface area contributed by atoms with Crippen molar-refractivity contribution in [2.45, 2.75) is 51.9 Å². The first-order valence-corrected chi connectivity index (χ1v) is 7.44. The van der Waals surface area contributed by atoms with Gasteiger partial charge in [0.1, 0.15) is 0 Å². The summed E-state index contributed by atoms with van der Waals surface area (Å²) in [6, 6.07) is 0. The predicted octanol–water partition coefficient (Wildman–Crippen LogP) is 3.65. The fourth-order valence-electron chi connectivity index (χ4n) is 5.12. The first-order valence-electron chi connectivity index (χ1n) is 7.44. The zero-order valence-electron chi connectivity index (χ0n) is 11.6. The molecule has 0 aromatic carbocycles. The Morgan fingerprint density at radius 2 is 1.63 bits per heavy atom. The highest BCUT2D eigenvalue weighted by Gasteiger charge is 2.68. The molecule has 0 unspecified atom stereocenters. The summed E-state index contributed by atoms with van der Waals surface area (Å²) >= 11 is 0. The average Bonchev–Trinajstić information content (AvgIpc) is 2.34. The highest BCUT2D eigenvalue weighted by molar-refractivity contribution is 5.79. The van der Waals surface area contributed by atoms with Crippen molar-refractivity contribution in [1.29, 1.82) is 0 Å². The van der Waals surface area contributed by atoms with E-state index in [-0.39, 0.29) is 18.4 Å². The van der Waals surface area contributed by atoms with Crippen molar-refractivity contribution in [3.8, 4) is 0 Å². The lowest BCUT2D eigenvalue weighted by atomic mass is 9.44. The number of hydrogen-bond acceptors (Lipinski definition) is 2. The maximum Gasteiger partial charge on any atom is 0.377 e. The maximum absolute atomic E-state index is 14.7. The molecule has 0 amide bonds. The van der Waals surface area contributed by atoms with Crippen LogP contribution in [-0.4, -0.2) is 18.5 Å². The number of halogens is 2. The summed E-state index contributed by atoms with van der Waals surface area (Å²) in [5.74, 6) is -3.44. The standard InChI is InChI=1S/C15H22F2O2/c1-3-19-13(18)15(16,17)14(2)11-5-9-4-10(7-11)8-12(14)6-9/h9-12H,3-8H2,1-2H3. The van der Waals surface area contributed by atoms with Gasteiger partial charge in [-0.15, -0.1) is 0 Å². The van der Waals surface area contributed by atoms with Crippen LogP contribution in [0.1, 0.15) is 46.0 Å². The number of ether oxygens (including phenoxy) is 1. The molecule has 4 bridgehead atoms. The molecule has 108 valence electrons. The van der Waals surface area contributed by atoms with Crippen molar-refractivity contribution in [2.75, 3.05) is 6.61 Å². The Hall–Kier alpha value is -0.670. The van der Waals surface area contributed by atoms with Crippen LogP contribution in [0, 0.1) is 29.1 Å². The molecule has 19 heavy (non-hydrogen) atoms. The summed E-state index contributed by atoms with van der Waals surface area (Å²) in [6.07, 6.45) is 4.71. The molecule has 0 aromatic heterocycles. The Bertz CT molecular complexity index is 364. The molecule has 0 saturated heterocycles. The molecule has 0 spiro atoms. The third-order valence-electron chi connectivity index (χ3n) is 6.04. The topological polar surface area (TPSA) is 26.3 Å². The molecule has 4 heteroatoms. The van der Waals surface area contributed by atoms with Crippen LogP contribution < -0.4 is 0 Å². The lowest BCUT2D eigenvalue weighted by Gasteiger charge is -2.61. The first-order chi connectivity index (χ1) is 8.89. The minimum absolute atomic E-state index is 0.0110. The van der Waals surface area contributed by atoms with Gasteiger partial charge in [0.2, 0.25) is 0 Å². The van der Waals surface area contributed by atoms with Crippen LogP contribution in [0.5, 0.6) is 0 Å². The van der Waals surface area contributed by atoms with E-state index in [1.807, 2.05) is 0 Å². The van der Waals surface area contributed by atoms with Crippen molar-refractivity contribution < 1.29 is 18.3 Å². The van der Waals surface area contributed by atoms with E-state index in [4.69, 9.17) is 0 Å². The number of esters is 1. The minimum Gasteiger partial charge on any atom is -0.462 e. The van der Waals surface area contributed by atoms with Gasteiger partial charge in [-0.1, -0.05) is 6.92 Å². The molecule has 0 atom stereocenters. The normalized spacial score (nSPS) is 44.4. The van der Waals surface area contributed by atoms with Gasteiger partial charge in [-0.25, -0.2) is 4.79 Å². The molecule has 4 aliphatic rings. The molecule has 4 aliphatic carbocycles. The fourth-order valence-corrected chi connectivity index (χ4v) is 5.12. The lowest BCUT2D eigenvalue weighted by Crippen LogP contribution is -2.62. The number of carbonyl (C=O) groups is 1. The SMILES string of the molecule is CCOC(=O)C(F)(F)C1(C)C2CC3CC(C2)CC1C3. The molecule has 0 heterocycles. The Morgan fingerprint density at radius 3 is 2.05 bits per heavy atom. The summed E-state index contributed by atoms with van der Waals surface area (Å²) in [5, 5.41) is 0. The van der Waals surface area contributed by atoms with E-state index >= 15 is 0 Å². The van der Waals surface area contributed by atoms with Crippen LogP contribution in [0.3, 0.4) is 0 Å². The second-order valence-electron chi connectivity index (χ2n) is 6.88. The molecular formula is C15H22F2O2. The van der Waals surface area contributed by atoms with Crippen LogP contribution in [0.4, 0.5) is 8.78 Å².